The second kappa shape index (κ2) is 3.90. The van der Waals surface area contributed by atoms with Gasteiger partial charge in [-0.25, -0.2) is 0 Å². The molecule has 92 valence electrons. The number of alkyl halides is 3. The van der Waals surface area contributed by atoms with Gasteiger partial charge in [0.2, 0.25) is 0 Å². The zero-order valence-corrected chi connectivity index (χ0v) is 8.53. The van der Waals surface area contributed by atoms with E-state index in [2.05, 4.69) is 0 Å². The van der Waals surface area contributed by atoms with Gasteiger partial charge >= 0.3 is 6.18 Å². The Hall–Kier alpha value is -1.79. The highest BCUT2D eigenvalue weighted by Crippen LogP contribution is 2.40. The van der Waals surface area contributed by atoms with Crippen molar-refractivity contribution in [3.8, 4) is 5.75 Å². The van der Waals surface area contributed by atoms with Gasteiger partial charge in [0.25, 0.3) is 5.69 Å². The molecule has 1 aliphatic carbocycles. The minimum Gasteiger partial charge on any atom is -0.490 e. The van der Waals surface area contributed by atoms with E-state index in [1.807, 2.05) is 0 Å². The first-order chi connectivity index (χ1) is 7.88. The molecule has 0 aliphatic heterocycles. The molecule has 0 unspecified atom stereocenters. The van der Waals surface area contributed by atoms with Crippen LogP contribution in [0.15, 0.2) is 18.2 Å². The van der Waals surface area contributed by atoms with Crippen molar-refractivity contribution in [1.82, 2.24) is 0 Å². The predicted octanol–water partition coefficient (Wildman–Crippen LogP) is 3.15. The van der Waals surface area contributed by atoms with Crippen LogP contribution >= 0.6 is 0 Å². The summed E-state index contributed by atoms with van der Waals surface area (Å²) < 4.78 is 42.9. The fourth-order valence-electron chi connectivity index (χ4n) is 1.32. The second-order valence-corrected chi connectivity index (χ2v) is 3.75. The standard InChI is InChI=1S/C10H8F3NO3/c11-10(12,13)8-4-1-6(14(15)16)5-9(8)17-7-2-3-7/h1,4-5,7H,2-3H2. The summed E-state index contributed by atoms with van der Waals surface area (Å²) in [5.74, 6) is -0.464. The number of rotatable bonds is 3. The first kappa shape index (κ1) is 11.7. The second-order valence-electron chi connectivity index (χ2n) is 3.75. The Labute approximate surface area is 94.1 Å². The topological polar surface area (TPSA) is 52.4 Å². The molecule has 7 heteroatoms. The SMILES string of the molecule is O=[N+]([O-])c1ccc(C(F)(F)F)c(OC2CC2)c1. The van der Waals surface area contributed by atoms with Crippen molar-refractivity contribution in [2.24, 2.45) is 0 Å². The minimum atomic E-state index is -4.57. The van der Waals surface area contributed by atoms with Crippen LogP contribution in [0.25, 0.3) is 0 Å². The molecule has 0 amide bonds. The van der Waals surface area contributed by atoms with E-state index in [0.29, 0.717) is 18.9 Å². The molecule has 1 saturated carbocycles. The van der Waals surface area contributed by atoms with E-state index in [4.69, 9.17) is 4.74 Å². The molecule has 1 aliphatic rings. The van der Waals surface area contributed by atoms with Gasteiger partial charge in [0.05, 0.1) is 22.7 Å². The number of hydrogen-bond donors (Lipinski definition) is 0. The Balaban J connectivity index is 2.39. The van der Waals surface area contributed by atoms with Gasteiger partial charge in [-0.05, 0) is 18.9 Å². The lowest BCUT2D eigenvalue weighted by molar-refractivity contribution is -0.385. The summed E-state index contributed by atoms with van der Waals surface area (Å²) in [5.41, 5.74) is -1.39. The number of nitro groups is 1. The van der Waals surface area contributed by atoms with Crippen LogP contribution in [0.3, 0.4) is 0 Å². The highest BCUT2D eigenvalue weighted by atomic mass is 19.4. The molecule has 0 heterocycles. The Morgan fingerprint density at radius 2 is 2.00 bits per heavy atom. The van der Waals surface area contributed by atoms with Crippen LogP contribution in [0, 0.1) is 10.1 Å². The highest BCUT2D eigenvalue weighted by Gasteiger charge is 2.37. The van der Waals surface area contributed by atoms with Crippen molar-refractivity contribution >= 4 is 5.69 Å². The fraction of sp³-hybridized carbons (Fsp3) is 0.400. The molecular weight excluding hydrogens is 239 g/mol. The van der Waals surface area contributed by atoms with E-state index >= 15 is 0 Å². The predicted molar refractivity (Wildman–Crippen MR) is 51.7 cm³/mol. The molecule has 1 fully saturated rings. The van der Waals surface area contributed by atoms with Crippen molar-refractivity contribution < 1.29 is 22.8 Å². The summed E-state index contributed by atoms with van der Waals surface area (Å²) >= 11 is 0. The molecule has 1 aromatic carbocycles. The normalized spacial score (nSPS) is 15.7. The zero-order chi connectivity index (χ0) is 12.6. The maximum atomic E-state index is 12.6. The van der Waals surface area contributed by atoms with Crippen LogP contribution in [0.4, 0.5) is 18.9 Å². The monoisotopic (exact) mass is 247 g/mol. The van der Waals surface area contributed by atoms with Crippen LogP contribution in [0.1, 0.15) is 18.4 Å². The lowest BCUT2D eigenvalue weighted by Crippen LogP contribution is -2.10. The lowest BCUT2D eigenvalue weighted by atomic mass is 10.1. The van der Waals surface area contributed by atoms with Crippen molar-refractivity contribution in [2.45, 2.75) is 25.1 Å². The lowest BCUT2D eigenvalue weighted by Gasteiger charge is -2.13. The third kappa shape index (κ3) is 2.66. The number of nitro benzene ring substituents is 1. The van der Waals surface area contributed by atoms with Crippen LogP contribution in [-0.2, 0) is 6.18 Å². The highest BCUT2D eigenvalue weighted by molar-refractivity contribution is 5.46. The average molecular weight is 247 g/mol. The van der Waals surface area contributed by atoms with E-state index in [1.165, 1.54) is 0 Å². The van der Waals surface area contributed by atoms with Gasteiger partial charge in [0.1, 0.15) is 5.75 Å². The Morgan fingerprint density at radius 1 is 1.35 bits per heavy atom. The Kier molecular flexibility index (Phi) is 2.68. The summed E-state index contributed by atoms with van der Waals surface area (Å²) in [5, 5.41) is 10.5. The molecule has 1 aromatic rings. The summed E-state index contributed by atoms with van der Waals surface area (Å²) in [6.45, 7) is 0. The zero-order valence-electron chi connectivity index (χ0n) is 8.53. The van der Waals surface area contributed by atoms with Gasteiger partial charge in [0.15, 0.2) is 0 Å². The molecule has 0 radical (unpaired) electrons. The largest absolute Gasteiger partial charge is 0.490 e. The van der Waals surface area contributed by atoms with Crippen molar-refractivity contribution in [3.63, 3.8) is 0 Å². The molecule has 0 aromatic heterocycles. The molecule has 2 rings (SSSR count). The van der Waals surface area contributed by atoms with Crippen LogP contribution in [0.5, 0.6) is 5.75 Å². The molecule has 0 bridgehead atoms. The molecule has 0 atom stereocenters. The van der Waals surface area contributed by atoms with E-state index in [1.54, 1.807) is 0 Å². The van der Waals surface area contributed by atoms with E-state index in [9.17, 15) is 23.3 Å². The molecule has 0 spiro atoms. The molecule has 17 heavy (non-hydrogen) atoms. The molecule has 0 N–H and O–H groups in total. The number of nitrogens with zero attached hydrogens (tertiary/aromatic N) is 1. The van der Waals surface area contributed by atoms with Crippen LogP contribution < -0.4 is 4.74 Å². The van der Waals surface area contributed by atoms with E-state index in [-0.39, 0.29) is 6.10 Å². The first-order valence-corrected chi connectivity index (χ1v) is 4.90. The van der Waals surface area contributed by atoms with Gasteiger partial charge < -0.3 is 4.74 Å². The Bertz CT molecular complexity index is 455. The number of benzene rings is 1. The van der Waals surface area contributed by atoms with E-state index in [0.717, 1.165) is 12.1 Å². The molecule has 4 nitrogen and oxygen atoms in total. The van der Waals surface area contributed by atoms with Crippen LogP contribution in [0.2, 0.25) is 0 Å². The van der Waals surface area contributed by atoms with Gasteiger partial charge in [-0.1, -0.05) is 0 Å². The number of non-ortho nitro benzene ring substituents is 1. The van der Waals surface area contributed by atoms with Gasteiger partial charge in [-0.3, -0.25) is 10.1 Å². The molecule has 0 saturated heterocycles. The maximum Gasteiger partial charge on any atom is 0.419 e. The third-order valence-electron chi connectivity index (χ3n) is 2.30. The molecular formula is C10H8F3NO3. The Morgan fingerprint density at radius 3 is 2.47 bits per heavy atom. The van der Waals surface area contributed by atoms with Gasteiger partial charge in [-0.15, -0.1) is 0 Å². The number of halogens is 3. The summed E-state index contributed by atoms with van der Waals surface area (Å²) in [6.07, 6.45) is -3.46. The van der Waals surface area contributed by atoms with E-state index < -0.39 is 28.1 Å². The van der Waals surface area contributed by atoms with Gasteiger partial charge in [-0.2, -0.15) is 13.2 Å². The van der Waals surface area contributed by atoms with Crippen molar-refractivity contribution in [1.29, 1.82) is 0 Å². The number of ether oxygens (including phenoxy) is 1. The third-order valence-corrected chi connectivity index (χ3v) is 2.30. The quantitative estimate of drug-likeness (QED) is 0.609. The summed E-state index contributed by atoms with van der Waals surface area (Å²) in [4.78, 5) is 9.73. The smallest absolute Gasteiger partial charge is 0.419 e. The van der Waals surface area contributed by atoms with Crippen molar-refractivity contribution in [3.05, 3.63) is 33.9 Å². The number of hydrogen-bond acceptors (Lipinski definition) is 3. The minimum absolute atomic E-state index is 0.252. The van der Waals surface area contributed by atoms with Crippen LogP contribution in [-0.4, -0.2) is 11.0 Å². The maximum absolute atomic E-state index is 12.6. The van der Waals surface area contributed by atoms with Gasteiger partial charge in [0, 0.05) is 6.07 Å². The fourth-order valence-corrected chi connectivity index (χ4v) is 1.32. The first-order valence-electron chi connectivity index (χ1n) is 4.90. The average Bonchev–Trinajstić information content (AvgIpc) is 2.99. The summed E-state index contributed by atoms with van der Waals surface area (Å²) in [6, 6.07) is 2.32. The van der Waals surface area contributed by atoms with Crippen molar-refractivity contribution in [2.75, 3.05) is 0 Å². The summed E-state index contributed by atoms with van der Waals surface area (Å²) in [7, 11) is 0.